The summed E-state index contributed by atoms with van der Waals surface area (Å²) in [5.41, 5.74) is 2.41. The van der Waals surface area contributed by atoms with Crippen LogP contribution in [0.15, 0.2) is 78.0 Å². The lowest BCUT2D eigenvalue weighted by molar-refractivity contribution is 0.123. The van der Waals surface area contributed by atoms with Gasteiger partial charge in [-0.05, 0) is 80.6 Å². The first-order valence-corrected chi connectivity index (χ1v) is 13.9. The number of anilines is 1. The Hall–Kier alpha value is -3.45. The highest BCUT2D eigenvalue weighted by molar-refractivity contribution is 6.19. The Morgan fingerprint density at radius 2 is 1.76 bits per heavy atom. The van der Waals surface area contributed by atoms with Crippen molar-refractivity contribution in [2.24, 2.45) is 4.99 Å². The lowest BCUT2D eigenvalue weighted by Gasteiger charge is -2.47. The van der Waals surface area contributed by atoms with Gasteiger partial charge in [0.1, 0.15) is 17.2 Å². The normalized spacial score (nSPS) is 25.8. The minimum Gasteiger partial charge on any atom is -0.324 e. The summed E-state index contributed by atoms with van der Waals surface area (Å²) in [5, 5.41) is 3.13. The van der Waals surface area contributed by atoms with Crippen molar-refractivity contribution in [1.29, 1.82) is 0 Å². The Bertz CT molecular complexity index is 1320. The number of aliphatic imine (C=N–C) groups is 1. The van der Waals surface area contributed by atoms with Crippen molar-refractivity contribution in [3.63, 3.8) is 0 Å². The molecular weight excluding hydrogens is 477 g/mol. The standard InChI is InChI=1S/C31H36FN5O/c1-23-21-31(15-18-36(23)22-24-9-7-13-27(19-24)35-16-5-6-17-35)29(33-26-11-3-2-4-12-26)34-30(38)37(31)28-14-8-10-25(32)20-28/h5-10,13-14,16-17,19-20,23,26H,2-4,11-12,15,18,21-22H2,1H3,(H,33,34,38)/t23-,31+/m1/s1. The van der Waals surface area contributed by atoms with Crippen LogP contribution in [0.3, 0.4) is 0 Å². The van der Waals surface area contributed by atoms with Gasteiger partial charge < -0.3 is 4.57 Å². The van der Waals surface area contributed by atoms with Crippen LogP contribution in [0.4, 0.5) is 14.9 Å². The molecule has 6 nitrogen and oxygen atoms in total. The average molecular weight is 514 g/mol. The number of likely N-dealkylation sites (tertiary alicyclic amines) is 1. The van der Waals surface area contributed by atoms with E-state index in [4.69, 9.17) is 4.99 Å². The van der Waals surface area contributed by atoms with Crippen molar-refractivity contribution in [3.8, 4) is 5.69 Å². The zero-order chi connectivity index (χ0) is 26.1. The number of nitrogens with zero attached hydrogens (tertiary/aromatic N) is 4. The fourth-order valence-electron chi connectivity index (χ4n) is 6.58. The second-order valence-corrected chi connectivity index (χ2v) is 11.1. The van der Waals surface area contributed by atoms with Crippen LogP contribution >= 0.6 is 0 Å². The number of carbonyl (C=O) groups excluding carboxylic acids is 1. The minimum absolute atomic E-state index is 0.203. The van der Waals surface area contributed by atoms with Crippen molar-refractivity contribution in [3.05, 3.63) is 84.4 Å². The number of hydrogen-bond acceptors (Lipinski definition) is 3. The van der Waals surface area contributed by atoms with Gasteiger partial charge in [0, 0.05) is 42.9 Å². The number of rotatable bonds is 5. The van der Waals surface area contributed by atoms with E-state index in [9.17, 15) is 9.18 Å². The number of amides is 2. The van der Waals surface area contributed by atoms with Crippen LogP contribution in [0.25, 0.3) is 5.69 Å². The predicted octanol–water partition coefficient (Wildman–Crippen LogP) is 6.30. The van der Waals surface area contributed by atoms with Gasteiger partial charge in [-0.2, -0.15) is 0 Å². The van der Waals surface area contributed by atoms with Gasteiger partial charge in [0.25, 0.3) is 0 Å². The van der Waals surface area contributed by atoms with Gasteiger partial charge in [0.05, 0.1) is 6.04 Å². The molecule has 1 saturated carbocycles. The largest absolute Gasteiger partial charge is 0.328 e. The molecule has 2 aromatic carbocycles. The van der Waals surface area contributed by atoms with Crippen molar-refractivity contribution in [2.75, 3.05) is 11.4 Å². The van der Waals surface area contributed by atoms with E-state index in [2.05, 4.69) is 58.4 Å². The molecule has 2 amide bonds. The molecule has 3 heterocycles. The molecule has 0 bridgehead atoms. The van der Waals surface area contributed by atoms with Gasteiger partial charge in [-0.25, -0.2) is 9.18 Å². The van der Waals surface area contributed by atoms with E-state index < -0.39 is 5.54 Å². The number of urea groups is 1. The molecule has 7 heteroatoms. The third kappa shape index (κ3) is 4.75. The Labute approximate surface area is 224 Å². The first-order valence-electron chi connectivity index (χ1n) is 13.9. The maximum Gasteiger partial charge on any atom is 0.328 e. The third-order valence-electron chi connectivity index (χ3n) is 8.52. The molecule has 2 atom stereocenters. The van der Waals surface area contributed by atoms with E-state index >= 15 is 0 Å². The van der Waals surface area contributed by atoms with Crippen LogP contribution in [0.2, 0.25) is 0 Å². The van der Waals surface area contributed by atoms with E-state index in [1.165, 1.54) is 37.0 Å². The van der Waals surface area contributed by atoms with Crippen LogP contribution in [-0.2, 0) is 6.54 Å². The van der Waals surface area contributed by atoms with E-state index in [1.54, 1.807) is 11.0 Å². The van der Waals surface area contributed by atoms with Crippen molar-refractivity contribution >= 4 is 17.6 Å². The Balaban J connectivity index is 1.29. The Kier molecular flexibility index (Phi) is 6.78. The molecule has 3 aromatic rings. The molecule has 3 aliphatic rings. The Morgan fingerprint density at radius 3 is 2.53 bits per heavy atom. The van der Waals surface area contributed by atoms with Crippen molar-refractivity contribution < 1.29 is 9.18 Å². The molecule has 38 heavy (non-hydrogen) atoms. The second kappa shape index (κ2) is 10.4. The van der Waals surface area contributed by atoms with Gasteiger partial charge >= 0.3 is 6.03 Å². The molecule has 1 aromatic heterocycles. The summed E-state index contributed by atoms with van der Waals surface area (Å²) in [5.74, 6) is 0.441. The highest BCUT2D eigenvalue weighted by atomic mass is 19.1. The smallest absolute Gasteiger partial charge is 0.324 e. The lowest BCUT2D eigenvalue weighted by Crippen LogP contribution is -2.59. The SMILES string of the molecule is C[C@@H]1C[C@@]2(CCN1Cc1cccc(-n3cccc3)c1)C(=NC1CCCCC1)NC(=O)N2c1cccc(F)c1. The fraction of sp³-hybridized carbons (Fsp3) is 0.419. The van der Waals surface area contributed by atoms with Crippen molar-refractivity contribution in [2.45, 2.75) is 76.0 Å². The number of hydrogen-bond donors (Lipinski definition) is 1. The highest BCUT2D eigenvalue weighted by Crippen LogP contribution is 2.41. The molecule has 1 spiro atoms. The molecule has 198 valence electrons. The average Bonchev–Trinajstić information content (AvgIpc) is 3.54. The first-order chi connectivity index (χ1) is 18.5. The van der Waals surface area contributed by atoms with Crippen molar-refractivity contribution in [1.82, 2.24) is 14.8 Å². The molecule has 2 aliphatic heterocycles. The summed E-state index contributed by atoms with van der Waals surface area (Å²) < 4.78 is 16.4. The van der Waals surface area contributed by atoms with E-state index in [-0.39, 0.29) is 23.9 Å². The van der Waals surface area contributed by atoms with E-state index in [0.717, 1.165) is 50.3 Å². The van der Waals surface area contributed by atoms with Gasteiger partial charge in [-0.1, -0.05) is 37.5 Å². The zero-order valence-corrected chi connectivity index (χ0v) is 22.0. The Morgan fingerprint density at radius 1 is 1.00 bits per heavy atom. The molecule has 3 fully saturated rings. The number of benzene rings is 2. The van der Waals surface area contributed by atoms with E-state index in [0.29, 0.717) is 5.69 Å². The molecule has 1 aliphatic carbocycles. The quantitative estimate of drug-likeness (QED) is 0.435. The van der Waals surface area contributed by atoms with Crippen LogP contribution in [0.5, 0.6) is 0 Å². The zero-order valence-electron chi connectivity index (χ0n) is 22.0. The summed E-state index contributed by atoms with van der Waals surface area (Å²) in [6.07, 6.45) is 11.4. The van der Waals surface area contributed by atoms with Crippen LogP contribution < -0.4 is 10.2 Å². The number of halogens is 1. The van der Waals surface area contributed by atoms with E-state index in [1.807, 2.05) is 18.2 Å². The molecule has 0 unspecified atom stereocenters. The van der Waals surface area contributed by atoms with Gasteiger partial charge in [-0.3, -0.25) is 20.1 Å². The third-order valence-corrected chi connectivity index (χ3v) is 8.52. The van der Waals surface area contributed by atoms with Crippen LogP contribution in [0, 0.1) is 5.82 Å². The van der Waals surface area contributed by atoms with Crippen LogP contribution in [0.1, 0.15) is 57.4 Å². The number of nitrogens with one attached hydrogen (secondary N) is 1. The minimum atomic E-state index is -0.592. The number of amidine groups is 1. The predicted molar refractivity (Wildman–Crippen MR) is 149 cm³/mol. The summed E-state index contributed by atoms with van der Waals surface area (Å²) in [6, 6.07) is 19.4. The fourth-order valence-corrected chi connectivity index (χ4v) is 6.58. The summed E-state index contributed by atoms with van der Waals surface area (Å²) >= 11 is 0. The number of aromatic nitrogens is 1. The summed E-state index contributed by atoms with van der Waals surface area (Å²) in [6.45, 7) is 3.89. The van der Waals surface area contributed by atoms with Gasteiger partial charge in [0.2, 0.25) is 0 Å². The topological polar surface area (TPSA) is 52.9 Å². The summed E-state index contributed by atoms with van der Waals surface area (Å²) in [4.78, 5) is 22.9. The molecule has 1 N–H and O–H groups in total. The molecule has 2 saturated heterocycles. The lowest BCUT2D eigenvalue weighted by atomic mass is 9.81. The van der Waals surface area contributed by atoms with Crippen LogP contribution in [-0.4, -0.2) is 45.5 Å². The monoisotopic (exact) mass is 513 g/mol. The molecule has 0 radical (unpaired) electrons. The maximum atomic E-state index is 14.3. The van der Waals surface area contributed by atoms with Gasteiger partial charge in [-0.15, -0.1) is 0 Å². The number of piperidine rings is 1. The number of carbonyl (C=O) groups is 1. The molecule has 6 rings (SSSR count). The maximum absolute atomic E-state index is 14.3. The first kappa shape index (κ1) is 24.9. The molecular formula is C31H36FN5O. The summed E-state index contributed by atoms with van der Waals surface area (Å²) in [7, 11) is 0. The van der Waals surface area contributed by atoms with Gasteiger partial charge in [0.15, 0.2) is 0 Å². The highest BCUT2D eigenvalue weighted by Gasteiger charge is 2.54. The second-order valence-electron chi connectivity index (χ2n) is 11.1.